The average Bonchev–Trinajstić information content (AvgIpc) is 2.53. The van der Waals surface area contributed by atoms with E-state index in [-0.39, 0.29) is 11.2 Å². The van der Waals surface area contributed by atoms with Crippen molar-refractivity contribution in [3.05, 3.63) is 53.0 Å². The van der Waals surface area contributed by atoms with E-state index in [4.69, 9.17) is 0 Å². The molecule has 0 bridgehead atoms. The Kier molecular flexibility index (Phi) is 5.72. The van der Waals surface area contributed by atoms with E-state index in [1.165, 1.54) is 11.8 Å². The summed E-state index contributed by atoms with van der Waals surface area (Å²) < 4.78 is 0. The Bertz CT molecular complexity index is 740. The number of hydrogen-bond donors (Lipinski definition) is 1. The molecule has 1 heterocycles. The Morgan fingerprint density at radius 2 is 2.00 bits per heavy atom. The highest BCUT2D eigenvalue weighted by Gasteiger charge is 2.19. The number of rotatable bonds is 5. The Labute approximate surface area is 140 Å². The van der Waals surface area contributed by atoms with Gasteiger partial charge in [0.2, 0.25) is 5.91 Å². The number of nitrogens with zero attached hydrogens (tertiary/aromatic N) is 3. The highest BCUT2D eigenvalue weighted by atomic mass is 32.2. The second-order valence-corrected chi connectivity index (χ2v) is 6.44. The quantitative estimate of drug-likeness (QED) is 0.675. The first kappa shape index (κ1) is 17.0. The molecule has 1 aromatic carbocycles. The zero-order chi connectivity index (χ0) is 16.8. The van der Waals surface area contributed by atoms with Crippen molar-refractivity contribution in [2.24, 2.45) is 0 Å². The fraction of sp³-hybridized carbons (Fsp3) is 0.294. The number of aromatic nitrogens is 2. The number of aryl methyl sites for hydroxylation is 2. The van der Waals surface area contributed by atoms with E-state index in [9.17, 15) is 10.1 Å². The number of carbonyl (C=O) groups is 1. The van der Waals surface area contributed by atoms with Crippen molar-refractivity contribution in [1.82, 2.24) is 15.3 Å². The molecule has 1 aromatic heterocycles. The van der Waals surface area contributed by atoms with Crippen LogP contribution in [-0.2, 0) is 11.3 Å². The Morgan fingerprint density at radius 1 is 1.30 bits per heavy atom. The van der Waals surface area contributed by atoms with Crippen LogP contribution < -0.4 is 5.32 Å². The number of benzene rings is 1. The molecule has 0 radical (unpaired) electrons. The van der Waals surface area contributed by atoms with Crippen LogP contribution in [0.2, 0.25) is 0 Å². The van der Waals surface area contributed by atoms with Gasteiger partial charge >= 0.3 is 0 Å². The predicted molar refractivity (Wildman–Crippen MR) is 89.8 cm³/mol. The standard InChI is InChI=1S/C17H18N4OS/c1-11-15(9-18)17(21-13(3)20-11)23-12(2)16(22)19-10-14-7-5-4-6-8-14/h4-8,12H,10H2,1-3H3,(H,19,22). The third-order valence-electron chi connectivity index (χ3n) is 3.25. The maximum atomic E-state index is 12.2. The highest BCUT2D eigenvalue weighted by molar-refractivity contribution is 8.00. The summed E-state index contributed by atoms with van der Waals surface area (Å²) in [6, 6.07) is 11.8. The normalized spacial score (nSPS) is 11.6. The van der Waals surface area contributed by atoms with Gasteiger partial charge in [-0.1, -0.05) is 42.1 Å². The lowest BCUT2D eigenvalue weighted by Crippen LogP contribution is -2.30. The van der Waals surface area contributed by atoms with E-state index in [1.807, 2.05) is 30.3 Å². The predicted octanol–water partition coefficient (Wildman–Crippen LogP) is 2.76. The molecule has 2 aromatic rings. The minimum Gasteiger partial charge on any atom is -0.351 e. The highest BCUT2D eigenvalue weighted by Crippen LogP contribution is 2.26. The van der Waals surface area contributed by atoms with E-state index >= 15 is 0 Å². The fourth-order valence-corrected chi connectivity index (χ4v) is 3.07. The molecule has 0 aliphatic rings. The molecule has 118 valence electrons. The Balaban J connectivity index is 2.03. The number of thioether (sulfide) groups is 1. The van der Waals surface area contributed by atoms with Crippen molar-refractivity contribution < 1.29 is 4.79 Å². The smallest absolute Gasteiger partial charge is 0.233 e. The molecule has 1 N–H and O–H groups in total. The van der Waals surface area contributed by atoms with Crippen molar-refractivity contribution in [1.29, 1.82) is 5.26 Å². The molecule has 5 nitrogen and oxygen atoms in total. The minimum atomic E-state index is -0.348. The van der Waals surface area contributed by atoms with E-state index < -0.39 is 0 Å². The number of nitrogens with one attached hydrogen (secondary N) is 1. The zero-order valence-corrected chi connectivity index (χ0v) is 14.1. The molecule has 1 atom stereocenters. The molecular weight excluding hydrogens is 308 g/mol. The number of nitriles is 1. The molecule has 0 saturated heterocycles. The van der Waals surface area contributed by atoms with Gasteiger partial charge in [0.25, 0.3) is 0 Å². The summed E-state index contributed by atoms with van der Waals surface area (Å²) in [5, 5.41) is 12.4. The molecule has 2 rings (SSSR count). The number of carbonyl (C=O) groups excluding carboxylic acids is 1. The van der Waals surface area contributed by atoms with Gasteiger partial charge in [0.1, 0.15) is 22.5 Å². The van der Waals surface area contributed by atoms with Gasteiger partial charge in [-0.2, -0.15) is 5.26 Å². The second-order valence-electron chi connectivity index (χ2n) is 5.11. The van der Waals surface area contributed by atoms with Gasteiger partial charge in [-0.25, -0.2) is 9.97 Å². The van der Waals surface area contributed by atoms with Crippen LogP contribution in [0, 0.1) is 25.2 Å². The van der Waals surface area contributed by atoms with E-state index in [2.05, 4.69) is 21.4 Å². The van der Waals surface area contributed by atoms with Gasteiger partial charge in [-0.3, -0.25) is 4.79 Å². The SMILES string of the molecule is Cc1nc(C)c(C#N)c(SC(C)C(=O)NCc2ccccc2)n1. The summed E-state index contributed by atoms with van der Waals surface area (Å²) >= 11 is 1.28. The van der Waals surface area contributed by atoms with Crippen LogP contribution in [0.5, 0.6) is 0 Å². The van der Waals surface area contributed by atoms with Gasteiger partial charge in [0.05, 0.1) is 10.9 Å². The molecular formula is C17H18N4OS. The first-order chi connectivity index (χ1) is 11.0. The zero-order valence-electron chi connectivity index (χ0n) is 13.3. The summed E-state index contributed by atoms with van der Waals surface area (Å²) in [4.78, 5) is 20.7. The number of amides is 1. The maximum Gasteiger partial charge on any atom is 0.233 e. The number of hydrogen-bond acceptors (Lipinski definition) is 5. The Hall–Kier alpha value is -2.39. The first-order valence-corrected chi connectivity index (χ1v) is 8.13. The lowest BCUT2D eigenvalue weighted by molar-refractivity contribution is -0.120. The van der Waals surface area contributed by atoms with Crippen LogP contribution in [0.4, 0.5) is 0 Å². The van der Waals surface area contributed by atoms with Crippen molar-refractivity contribution in [2.75, 3.05) is 0 Å². The molecule has 0 aliphatic heterocycles. The molecule has 0 fully saturated rings. The molecule has 0 saturated carbocycles. The molecule has 23 heavy (non-hydrogen) atoms. The van der Waals surface area contributed by atoms with Crippen LogP contribution >= 0.6 is 11.8 Å². The van der Waals surface area contributed by atoms with Gasteiger partial charge in [-0.05, 0) is 26.3 Å². The van der Waals surface area contributed by atoms with Crippen LogP contribution in [-0.4, -0.2) is 21.1 Å². The van der Waals surface area contributed by atoms with Crippen LogP contribution in [0.15, 0.2) is 35.4 Å². The third kappa shape index (κ3) is 4.54. The first-order valence-electron chi connectivity index (χ1n) is 7.25. The maximum absolute atomic E-state index is 12.2. The van der Waals surface area contributed by atoms with Crippen molar-refractivity contribution >= 4 is 17.7 Å². The van der Waals surface area contributed by atoms with Crippen LogP contribution in [0.1, 0.15) is 29.6 Å². The molecule has 0 spiro atoms. The van der Waals surface area contributed by atoms with E-state index in [0.717, 1.165) is 5.56 Å². The average molecular weight is 326 g/mol. The van der Waals surface area contributed by atoms with Crippen molar-refractivity contribution in [3.63, 3.8) is 0 Å². The summed E-state index contributed by atoms with van der Waals surface area (Å²) in [5.74, 6) is 0.512. The molecule has 6 heteroatoms. The summed E-state index contributed by atoms with van der Waals surface area (Å²) in [5.41, 5.74) is 2.12. The lowest BCUT2D eigenvalue weighted by Gasteiger charge is -2.13. The fourth-order valence-electron chi connectivity index (χ4n) is 2.04. The lowest BCUT2D eigenvalue weighted by atomic mass is 10.2. The van der Waals surface area contributed by atoms with Crippen molar-refractivity contribution in [2.45, 2.75) is 37.6 Å². The molecule has 1 amide bonds. The van der Waals surface area contributed by atoms with Crippen LogP contribution in [0.3, 0.4) is 0 Å². The van der Waals surface area contributed by atoms with Crippen LogP contribution in [0.25, 0.3) is 0 Å². The topological polar surface area (TPSA) is 78.7 Å². The Morgan fingerprint density at radius 3 is 2.65 bits per heavy atom. The van der Waals surface area contributed by atoms with E-state index in [0.29, 0.717) is 28.7 Å². The van der Waals surface area contributed by atoms with Gasteiger partial charge < -0.3 is 5.32 Å². The summed E-state index contributed by atoms with van der Waals surface area (Å²) in [7, 11) is 0. The van der Waals surface area contributed by atoms with Gasteiger partial charge in [-0.15, -0.1) is 0 Å². The monoisotopic (exact) mass is 326 g/mol. The second kappa shape index (κ2) is 7.75. The van der Waals surface area contributed by atoms with Crippen molar-refractivity contribution in [3.8, 4) is 6.07 Å². The van der Waals surface area contributed by atoms with Gasteiger partial charge in [0, 0.05) is 6.54 Å². The summed E-state index contributed by atoms with van der Waals surface area (Å²) in [6.45, 7) is 5.84. The van der Waals surface area contributed by atoms with E-state index in [1.54, 1.807) is 20.8 Å². The molecule has 1 unspecified atom stereocenters. The third-order valence-corrected chi connectivity index (χ3v) is 4.33. The largest absolute Gasteiger partial charge is 0.351 e. The van der Waals surface area contributed by atoms with Gasteiger partial charge in [0.15, 0.2) is 0 Å². The molecule has 0 aliphatic carbocycles. The summed E-state index contributed by atoms with van der Waals surface area (Å²) in [6.07, 6.45) is 0. The minimum absolute atomic E-state index is 0.0864.